The minimum absolute atomic E-state index is 0.0506. The van der Waals surface area contributed by atoms with Gasteiger partial charge in [0.15, 0.2) is 0 Å². The largest absolute Gasteiger partial charge is 0.371 e. The molecule has 1 amide bonds. The average Bonchev–Trinajstić information content (AvgIpc) is 3.01. The van der Waals surface area contributed by atoms with Gasteiger partial charge < -0.3 is 10.6 Å². The summed E-state index contributed by atoms with van der Waals surface area (Å²) < 4.78 is 13.5. The smallest absolute Gasteiger partial charge is 0.245 e. The van der Waals surface area contributed by atoms with Gasteiger partial charge in [-0.3, -0.25) is 9.69 Å². The van der Waals surface area contributed by atoms with E-state index in [4.69, 9.17) is 0 Å². The highest BCUT2D eigenvalue weighted by atomic mass is 32.1. The third-order valence-corrected chi connectivity index (χ3v) is 5.71. The molecular formula is C18H23FN4OS. The van der Waals surface area contributed by atoms with Crippen LogP contribution in [0.2, 0.25) is 0 Å². The lowest BCUT2D eigenvalue weighted by Crippen LogP contribution is -2.57. The number of aryl methyl sites for hydroxylation is 1. The maximum atomic E-state index is 13.5. The van der Waals surface area contributed by atoms with Crippen molar-refractivity contribution in [3.8, 4) is 0 Å². The van der Waals surface area contributed by atoms with Crippen LogP contribution in [0.3, 0.4) is 0 Å². The summed E-state index contributed by atoms with van der Waals surface area (Å²) in [6.45, 7) is 4.48. The lowest BCUT2D eigenvalue weighted by molar-refractivity contribution is -0.126. The highest BCUT2D eigenvalue weighted by Gasteiger charge is 2.41. The van der Waals surface area contributed by atoms with Gasteiger partial charge >= 0.3 is 0 Å². The minimum atomic E-state index is -0.707. The number of likely N-dealkylation sites (tertiary alicyclic amines) is 1. The predicted octanol–water partition coefficient (Wildman–Crippen LogP) is 2.78. The number of nitrogens with one attached hydrogen (secondary N) is 2. The van der Waals surface area contributed by atoms with E-state index in [0.717, 1.165) is 25.3 Å². The molecular weight excluding hydrogens is 339 g/mol. The number of aromatic nitrogens is 1. The van der Waals surface area contributed by atoms with E-state index in [9.17, 15) is 9.18 Å². The maximum absolute atomic E-state index is 13.5. The van der Waals surface area contributed by atoms with Crippen molar-refractivity contribution < 1.29 is 9.18 Å². The Bertz CT molecular complexity index is 740. The first-order chi connectivity index (χ1) is 12.0. The summed E-state index contributed by atoms with van der Waals surface area (Å²) in [5.74, 6) is -0.361. The lowest BCUT2D eigenvalue weighted by Gasteiger charge is -2.41. The highest BCUT2D eigenvalue weighted by Crippen LogP contribution is 2.29. The number of hydrogen-bond acceptors (Lipinski definition) is 5. The molecule has 1 aliphatic heterocycles. The quantitative estimate of drug-likeness (QED) is 0.859. The number of likely N-dealkylation sites (N-methyl/N-ethyl adjacent to an activating group) is 1. The number of amides is 1. The van der Waals surface area contributed by atoms with Crippen LogP contribution < -0.4 is 10.6 Å². The molecule has 0 unspecified atom stereocenters. The number of hydrogen-bond donors (Lipinski definition) is 2. The van der Waals surface area contributed by atoms with Crippen molar-refractivity contribution >= 4 is 22.9 Å². The van der Waals surface area contributed by atoms with Crippen LogP contribution in [-0.4, -0.2) is 41.5 Å². The number of nitrogens with zero attached hydrogens (tertiary/aromatic N) is 2. The monoisotopic (exact) mass is 362 g/mol. The summed E-state index contributed by atoms with van der Waals surface area (Å²) in [4.78, 5) is 20.5. The molecule has 0 radical (unpaired) electrons. The zero-order valence-electron chi connectivity index (χ0n) is 14.5. The Balaban J connectivity index is 1.71. The molecule has 0 saturated carbocycles. The summed E-state index contributed by atoms with van der Waals surface area (Å²) in [6.07, 6.45) is 1.34. The van der Waals surface area contributed by atoms with E-state index in [1.54, 1.807) is 30.5 Å². The van der Waals surface area contributed by atoms with Gasteiger partial charge in [0, 0.05) is 37.2 Å². The first kappa shape index (κ1) is 17.8. The van der Waals surface area contributed by atoms with E-state index in [1.807, 2.05) is 12.4 Å². The number of rotatable bonds is 5. The van der Waals surface area contributed by atoms with Crippen LogP contribution >= 0.6 is 11.3 Å². The summed E-state index contributed by atoms with van der Waals surface area (Å²) in [7, 11) is 1.64. The molecule has 1 aromatic heterocycles. The van der Waals surface area contributed by atoms with Crippen LogP contribution in [0, 0.1) is 12.7 Å². The molecule has 1 saturated heterocycles. The molecule has 1 fully saturated rings. The standard InChI is InChI=1S/C18H23FN4OS/c1-13-16(25-12-21-13)11-23-8-6-18(7-9-23,17(24)20-2)22-15-5-3-4-14(19)10-15/h3-5,10,12,22H,6-9,11H2,1-2H3,(H,20,24). The highest BCUT2D eigenvalue weighted by molar-refractivity contribution is 7.09. The third-order valence-electron chi connectivity index (χ3n) is 4.79. The van der Waals surface area contributed by atoms with Crippen molar-refractivity contribution in [2.75, 3.05) is 25.5 Å². The zero-order valence-corrected chi connectivity index (χ0v) is 15.3. The second-order valence-electron chi connectivity index (χ2n) is 6.43. The molecule has 1 aliphatic rings. The number of carbonyl (C=O) groups excluding carboxylic acids is 1. The van der Waals surface area contributed by atoms with Gasteiger partial charge in [0.1, 0.15) is 11.4 Å². The fourth-order valence-corrected chi connectivity index (χ4v) is 4.08. The topological polar surface area (TPSA) is 57.3 Å². The Labute approximate surface area is 151 Å². The number of thiazole rings is 1. The first-order valence-electron chi connectivity index (χ1n) is 8.40. The van der Waals surface area contributed by atoms with Crippen molar-refractivity contribution in [1.29, 1.82) is 0 Å². The second-order valence-corrected chi connectivity index (χ2v) is 7.37. The van der Waals surface area contributed by atoms with Crippen LogP contribution in [-0.2, 0) is 11.3 Å². The number of benzene rings is 1. The van der Waals surface area contributed by atoms with Crippen molar-refractivity contribution in [3.63, 3.8) is 0 Å². The molecule has 2 heterocycles. The van der Waals surface area contributed by atoms with E-state index in [1.165, 1.54) is 17.0 Å². The van der Waals surface area contributed by atoms with Crippen molar-refractivity contribution in [2.45, 2.75) is 31.8 Å². The average molecular weight is 362 g/mol. The van der Waals surface area contributed by atoms with Crippen molar-refractivity contribution in [2.24, 2.45) is 0 Å². The van der Waals surface area contributed by atoms with Crippen LogP contribution in [0.4, 0.5) is 10.1 Å². The van der Waals surface area contributed by atoms with Gasteiger partial charge in [-0.15, -0.1) is 11.3 Å². The fraction of sp³-hybridized carbons (Fsp3) is 0.444. The zero-order chi connectivity index (χ0) is 17.9. The van der Waals surface area contributed by atoms with Gasteiger partial charge in [-0.25, -0.2) is 9.37 Å². The van der Waals surface area contributed by atoms with Gasteiger partial charge in [-0.2, -0.15) is 0 Å². The van der Waals surface area contributed by atoms with E-state index in [2.05, 4.69) is 20.5 Å². The number of carbonyl (C=O) groups is 1. The molecule has 0 spiro atoms. The Hall–Kier alpha value is -1.99. The number of halogens is 1. The summed E-state index contributed by atoms with van der Waals surface area (Å²) in [6, 6.07) is 6.27. The van der Waals surface area contributed by atoms with Crippen LogP contribution in [0.15, 0.2) is 29.8 Å². The summed E-state index contributed by atoms with van der Waals surface area (Å²) in [5, 5.41) is 6.05. The summed E-state index contributed by atoms with van der Waals surface area (Å²) in [5.41, 5.74) is 2.87. The van der Waals surface area contributed by atoms with Gasteiger partial charge in [0.25, 0.3) is 0 Å². The Morgan fingerprint density at radius 2 is 2.16 bits per heavy atom. The number of piperidine rings is 1. The van der Waals surface area contributed by atoms with Crippen LogP contribution in [0.25, 0.3) is 0 Å². The first-order valence-corrected chi connectivity index (χ1v) is 9.28. The van der Waals surface area contributed by atoms with Crippen LogP contribution in [0.1, 0.15) is 23.4 Å². The maximum Gasteiger partial charge on any atom is 0.245 e. The molecule has 134 valence electrons. The molecule has 2 aromatic rings. The van der Waals surface area contributed by atoms with E-state index < -0.39 is 5.54 Å². The number of anilines is 1. The molecule has 7 heteroatoms. The van der Waals surface area contributed by atoms with E-state index in [0.29, 0.717) is 18.5 Å². The van der Waals surface area contributed by atoms with Crippen LogP contribution in [0.5, 0.6) is 0 Å². The van der Waals surface area contributed by atoms with Crippen molar-refractivity contribution in [3.05, 3.63) is 46.2 Å². The molecule has 0 aliphatic carbocycles. The van der Waals surface area contributed by atoms with Gasteiger partial charge in [0.2, 0.25) is 5.91 Å². The third kappa shape index (κ3) is 3.99. The summed E-state index contributed by atoms with van der Waals surface area (Å²) >= 11 is 1.67. The molecule has 25 heavy (non-hydrogen) atoms. The SMILES string of the molecule is CNC(=O)C1(Nc2cccc(F)c2)CCN(Cc2scnc2C)CC1. The molecule has 5 nitrogen and oxygen atoms in total. The molecule has 0 bridgehead atoms. The molecule has 1 aromatic carbocycles. The normalized spacial score (nSPS) is 17.2. The Morgan fingerprint density at radius 3 is 2.76 bits per heavy atom. The minimum Gasteiger partial charge on any atom is -0.371 e. The lowest BCUT2D eigenvalue weighted by atomic mass is 9.86. The second kappa shape index (κ2) is 7.49. The Morgan fingerprint density at radius 1 is 1.40 bits per heavy atom. The van der Waals surface area contributed by atoms with E-state index in [-0.39, 0.29) is 11.7 Å². The fourth-order valence-electron chi connectivity index (χ4n) is 3.26. The van der Waals surface area contributed by atoms with E-state index >= 15 is 0 Å². The Kier molecular flexibility index (Phi) is 5.34. The predicted molar refractivity (Wildman–Crippen MR) is 98.2 cm³/mol. The van der Waals surface area contributed by atoms with Gasteiger partial charge in [-0.1, -0.05) is 6.07 Å². The molecule has 0 atom stereocenters. The molecule has 3 rings (SSSR count). The van der Waals surface area contributed by atoms with Gasteiger partial charge in [-0.05, 0) is 38.0 Å². The molecule has 2 N–H and O–H groups in total. The van der Waals surface area contributed by atoms with Gasteiger partial charge in [0.05, 0.1) is 11.2 Å². The van der Waals surface area contributed by atoms with Crippen molar-refractivity contribution in [1.82, 2.24) is 15.2 Å².